The van der Waals surface area contributed by atoms with E-state index in [4.69, 9.17) is 14.6 Å². The molecule has 0 saturated carbocycles. The smallest absolute Gasteiger partial charge is 0.328 e. The second-order valence-electron chi connectivity index (χ2n) is 4.00. The Morgan fingerprint density at radius 2 is 2.05 bits per heavy atom. The van der Waals surface area contributed by atoms with Crippen molar-refractivity contribution >= 4 is 12.0 Å². The third-order valence-electron chi connectivity index (χ3n) is 2.60. The summed E-state index contributed by atoms with van der Waals surface area (Å²) >= 11 is 0. The van der Waals surface area contributed by atoms with Crippen LogP contribution in [0.3, 0.4) is 0 Å². The van der Waals surface area contributed by atoms with Crippen molar-refractivity contribution in [1.82, 2.24) is 9.97 Å². The highest BCUT2D eigenvalue weighted by Crippen LogP contribution is 2.32. The molecule has 108 valence electrons. The minimum Gasteiger partial charge on any atom is -0.493 e. The van der Waals surface area contributed by atoms with Crippen LogP contribution < -0.4 is 9.47 Å². The maximum Gasteiger partial charge on any atom is 0.328 e. The van der Waals surface area contributed by atoms with E-state index < -0.39 is 5.97 Å². The Morgan fingerprint density at radius 3 is 2.71 bits per heavy atom. The maximum absolute atomic E-state index is 10.6. The quantitative estimate of drug-likeness (QED) is 0.819. The molecule has 1 N–H and O–H groups in total. The summed E-state index contributed by atoms with van der Waals surface area (Å²) in [7, 11) is 1.52. The van der Waals surface area contributed by atoms with Crippen LogP contribution in [-0.4, -0.2) is 28.2 Å². The summed E-state index contributed by atoms with van der Waals surface area (Å²) < 4.78 is 10.9. The monoisotopic (exact) mass is 286 g/mol. The van der Waals surface area contributed by atoms with Crippen LogP contribution in [0.2, 0.25) is 0 Å². The second-order valence-corrected chi connectivity index (χ2v) is 4.00. The number of aliphatic carboxylic acids is 1. The first-order valence-electron chi connectivity index (χ1n) is 6.17. The average molecular weight is 286 g/mol. The first kappa shape index (κ1) is 14.5. The number of carboxylic acids is 1. The molecule has 0 atom stereocenters. The van der Waals surface area contributed by atoms with E-state index in [-0.39, 0.29) is 6.61 Å². The number of carbonyl (C=O) groups is 1. The molecule has 1 aromatic carbocycles. The van der Waals surface area contributed by atoms with Gasteiger partial charge in [-0.15, -0.1) is 0 Å². The first-order chi connectivity index (χ1) is 10.2. The molecule has 0 saturated heterocycles. The van der Waals surface area contributed by atoms with Gasteiger partial charge in [-0.25, -0.2) is 14.8 Å². The molecular formula is C15H14N2O4. The summed E-state index contributed by atoms with van der Waals surface area (Å²) in [5, 5.41) is 8.72. The van der Waals surface area contributed by atoms with Crippen LogP contribution in [0.15, 0.2) is 42.7 Å². The van der Waals surface area contributed by atoms with Crippen molar-refractivity contribution < 1.29 is 19.4 Å². The van der Waals surface area contributed by atoms with E-state index in [2.05, 4.69) is 9.97 Å². The lowest BCUT2D eigenvalue weighted by Crippen LogP contribution is -2.03. The van der Waals surface area contributed by atoms with Crippen LogP contribution >= 0.6 is 0 Å². The fourth-order valence-electron chi connectivity index (χ4n) is 1.68. The summed E-state index contributed by atoms with van der Waals surface area (Å²) in [6, 6.07) is 6.95. The molecular weight excluding hydrogens is 272 g/mol. The standard InChI is InChI=1S/C15H14N2O4/c1-20-12-5-2-4-11(6-7-14(18)19)15(12)21-10-13-16-8-3-9-17-13/h2-9H,10H2,1H3,(H,18,19). The summed E-state index contributed by atoms with van der Waals surface area (Å²) in [5.41, 5.74) is 0.604. The van der Waals surface area contributed by atoms with Crippen molar-refractivity contribution in [2.45, 2.75) is 6.61 Å². The molecule has 0 spiro atoms. The molecule has 0 amide bonds. The number of hydrogen-bond donors (Lipinski definition) is 1. The topological polar surface area (TPSA) is 81.5 Å². The zero-order valence-corrected chi connectivity index (χ0v) is 11.4. The Bertz CT molecular complexity index is 641. The summed E-state index contributed by atoms with van der Waals surface area (Å²) in [4.78, 5) is 18.8. The molecule has 21 heavy (non-hydrogen) atoms. The number of methoxy groups -OCH3 is 1. The Morgan fingerprint density at radius 1 is 1.29 bits per heavy atom. The number of ether oxygens (including phenoxy) is 2. The Kier molecular flexibility index (Phi) is 4.87. The lowest BCUT2D eigenvalue weighted by molar-refractivity contribution is -0.131. The van der Waals surface area contributed by atoms with E-state index >= 15 is 0 Å². The van der Waals surface area contributed by atoms with Gasteiger partial charge in [0, 0.05) is 24.0 Å². The van der Waals surface area contributed by atoms with Gasteiger partial charge in [0.25, 0.3) is 0 Å². The molecule has 0 aliphatic heterocycles. The van der Waals surface area contributed by atoms with Crippen molar-refractivity contribution in [3.8, 4) is 11.5 Å². The molecule has 0 aliphatic rings. The zero-order chi connectivity index (χ0) is 15.1. The van der Waals surface area contributed by atoms with E-state index in [1.165, 1.54) is 13.2 Å². The molecule has 0 fully saturated rings. The Balaban J connectivity index is 2.25. The zero-order valence-electron chi connectivity index (χ0n) is 11.4. The normalized spacial score (nSPS) is 10.5. The third-order valence-corrected chi connectivity index (χ3v) is 2.60. The van der Waals surface area contributed by atoms with Gasteiger partial charge in [0.15, 0.2) is 17.3 Å². The van der Waals surface area contributed by atoms with Crippen molar-refractivity contribution in [1.29, 1.82) is 0 Å². The lowest BCUT2D eigenvalue weighted by atomic mass is 10.1. The number of rotatable bonds is 6. The van der Waals surface area contributed by atoms with Crippen LogP contribution in [0, 0.1) is 0 Å². The highest BCUT2D eigenvalue weighted by atomic mass is 16.5. The van der Waals surface area contributed by atoms with Crippen molar-refractivity contribution in [3.63, 3.8) is 0 Å². The van der Waals surface area contributed by atoms with Gasteiger partial charge in [-0.2, -0.15) is 0 Å². The average Bonchev–Trinajstić information content (AvgIpc) is 2.52. The number of nitrogens with zero attached hydrogens (tertiary/aromatic N) is 2. The summed E-state index contributed by atoms with van der Waals surface area (Å²) in [5.74, 6) is 0.454. The van der Waals surface area contributed by atoms with Gasteiger partial charge in [-0.1, -0.05) is 12.1 Å². The number of para-hydroxylation sites is 1. The van der Waals surface area contributed by atoms with E-state index in [0.717, 1.165) is 6.08 Å². The molecule has 0 bridgehead atoms. The molecule has 6 heteroatoms. The van der Waals surface area contributed by atoms with Crippen molar-refractivity contribution in [3.05, 3.63) is 54.1 Å². The van der Waals surface area contributed by atoms with Gasteiger partial charge in [-0.05, 0) is 18.2 Å². The molecule has 0 radical (unpaired) electrons. The second kappa shape index (κ2) is 7.04. The highest BCUT2D eigenvalue weighted by molar-refractivity contribution is 5.86. The molecule has 0 aliphatic carbocycles. The minimum atomic E-state index is -1.03. The predicted molar refractivity (Wildman–Crippen MR) is 76.0 cm³/mol. The summed E-state index contributed by atoms with van der Waals surface area (Å²) in [6.07, 6.45) is 5.74. The third kappa shape index (κ3) is 4.04. The Labute approximate surface area is 121 Å². The molecule has 1 heterocycles. The molecule has 0 unspecified atom stereocenters. The molecule has 1 aromatic heterocycles. The first-order valence-corrected chi connectivity index (χ1v) is 6.17. The van der Waals surface area contributed by atoms with E-state index in [1.54, 1.807) is 36.7 Å². The fourth-order valence-corrected chi connectivity index (χ4v) is 1.68. The maximum atomic E-state index is 10.6. The van der Waals surface area contributed by atoms with Gasteiger partial charge >= 0.3 is 5.97 Å². The van der Waals surface area contributed by atoms with Crippen LogP contribution in [-0.2, 0) is 11.4 Å². The van der Waals surface area contributed by atoms with Crippen LogP contribution in [0.25, 0.3) is 6.08 Å². The summed E-state index contributed by atoms with van der Waals surface area (Å²) in [6.45, 7) is 0.162. The van der Waals surface area contributed by atoms with E-state index in [9.17, 15) is 4.79 Å². The molecule has 6 nitrogen and oxygen atoms in total. The predicted octanol–water partition coefficient (Wildman–Crippen LogP) is 2.16. The largest absolute Gasteiger partial charge is 0.493 e. The van der Waals surface area contributed by atoms with Gasteiger partial charge in [0.05, 0.1) is 7.11 Å². The SMILES string of the molecule is COc1cccc(C=CC(=O)O)c1OCc1ncccn1. The van der Waals surface area contributed by atoms with E-state index in [0.29, 0.717) is 22.9 Å². The minimum absolute atomic E-state index is 0.162. The number of carboxylic acid groups (broad SMARTS) is 1. The van der Waals surface area contributed by atoms with Crippen LogP contribution in [0.4, 0.5) is 0 Å². The van der Waals surface area contributed by atoms with Gasteiger partial charge in [0.1, 0.15) is 6.61 Å². The highest BCUT2D eigenvalue weighted by Gasteiger charge is 2.10. The van der Waals surface area contributed by atoms with Crippen molar-refractivity contribution in [2.24, 2.45) is 0 Å². The van der Waals surface area contributed by atoms with Gasteiger partial charge in [0.2, 0.25) is 0 Å². The fraction of sp³-hybridized carbons (Fsp3) is 0.133. The lowest BCUT2D eigenvalue weighted by Gasteiger charge is -2.12. The Hall–Kier alpha value is -2.89. The van der Waals surface area contributed by atoms with E-state index in [1.807, 2.05) is 0 Å². The number of aromatic nitrogens is 2. The van der Waals surface area contributed by atoms with Crippen molar-refractivity contribution in [2.75, 3.05) is 7.11 Å². The van der Waals surface area contributed by atoms with Gasteiger partial charge in [-0.3, -0.25) is 0 Å². The van der Waals surface area contributed by atoms with Crippen LogP contribution in [0.5, 0.6) is 11.5 Å². The number of benzene rings is 1. The number of hydrogen-bond acceptors (Lipinski definition) is 5. The molecule has 2 aromatic rings. The van der Waals surface area contributed by atoms with Gasteiger partial charge < -0.3 is 14.6 Å². The molecule has 2 rings (SSSR count). The van der Waals surface area contributed by atoms with Crippen LogP contribution in [0.1, 0.15) is 11.4 Å².